The Balaban J connectivity index is 2.27. The van der Waals surface area contributed by atoms with Crippen molar-refractivity contribution in [2.75, 3.05) is 5.32 Å². The fraction of sp³-hybridized carbons (Fsp3) is 0.188. The maximum atomic E-state index is 13.2. The summed E-state index contributed by atoms with van der Waals surface area (Å²) < 4.78 is 13.2. The molecule has 5 heteroatoms. The standard InChI is InChI=1S/C16H15ClFNO2/c1-9-12(16(20)21)4-3-5-15(9)19-10(2)11-6-7-14(18)13(17)8-11/h3-8,10,19H,1-2H3,(H,20,21). The van der Waals surface area contributed by atoms with Gasteiger partial charge in [-0.05, 0) is 49.2 Å². The van der Waals surface area contributed by atoms with Crippen molar-refractivity contribution in [1.29, 1.82) is 0 Å². The number of halogens is 2. The second-order valence-corrected chi connectivity index (χ2v) is 5.23. The van der Waals surface area contributed by atoms with Gasteiger partial charge in [-0.3, -0.25) is 0 Å². The van der Waals surface area contributed by atoms with Crippen LogP contribution in [0.4, 0.5) is 10.1 Å². The van der Waals surface area contributed by atoms with E-state index >= 15 is 0 Å². The van der Waals surface area contributed by atoms with Crippen LogP contribution in [0, 0.1) is 12.7 Å². The Labute approximate surface area is 127 Å². The maximum absolute atomic E-state index is 13.2. The van der Waals surface area contributed by atoms with Gasteiger partial charge in [0.05, 0.1) is 10.6 Å². The van der Waals surface area contributed by atoms with Gasteiger partial charge in [-0.2, -0.15) is 0 Å². The first-order valence-corrected chi connectivity index (χ1v) is 6.82. The third kappa shape index (κ3) is 3.34. The van der Waals surface area contributed by atoms with Gasteiger partial charge in [-0.15, -0.1) is 0 Å². The SMILES string of the molecule is Cc1c(NC(C)c2ccc(F)c(Cl)c2)cccc1C(=O)O. The largest absolute Gasteiger partial charge is 0.478 e. The van der Waals surface area contributed by atoms with E-state index in [9.17, 15) is 9.18 Å². The van der Waals surface area contributed by atoms with E-state index in [-0.39, 0.29) is 16.6 Å². The van der Waals surface area contributed by atoms with Crippen molar-refractivity contribution in [2.45, 2.75) is 19.9 Å². The van der Waals surface area contributed by atoms with Crippen molar-refractivity contribution in [1.82, 2.24) is 0 Å². The average molecular weight is 308 g/mol. The first kappa shape index (κ1) is 15.3. The smallest absolute Gasteiger partial charge is 0.336 e. The van der Waals surface area contributed by atoms with E-state index in [1.165, 1.54) is 6.07 Å². The molecule has 0 aliphatic carbocycles. The van der Waals surface area contributed by atoms with E-state index in [0.717, 1.165) is 11.3 Å². The zero-order valence-corrected chi connectivity index (χ0v) is 12.4. The summed E-state index contributed by atoms with van der Waals surface area (Å²) in [6.45, 7) is 3.65. The number of aromatic carboxylic acids is 1. The van der Waals surface area contributed by atoms with Crippen molar-refractivity contribution in [3.05, 3.63) is 63.9 Å². The Morgan fingerprint density at radius 3 is 2.67 bits per heavy atom. The second-order valence-electron chi connectivity index (χ2n) is 4.82. The molecule has 21 heavy (non-hydrogen) atoms. The number of hydrogen-bond acceptors (Lipinski definition) is 2. The molecule has 110 valence electrons. The second kappa shape index (κ2) is 6.14. The minimum absolute atomic E-state index is 0.0668. The van der Waals surface area contributed by atoms with Crippen LogP contribution in [0.15, 0.2) is 36.4 Å². The van der Waals surface area contributed by atoms with E-state index in [4.69, 9.17) is 16.7 Å². The summed E-state index contributed by atoms with van der Waals surface area (Å²) in [4.78, 5) is 11.1. The minimum Gasteiger partial charge on any atom is -0.478 e. The molecule has 0 bridgehead atoms. The number of rotatable bonds is 4. The van der Waals surface area contributed by atoms with Crippen LogP contribution in [0.2, 0.25) is 5.02 Å². The lowest BCUT2D eigenvalue weighted by Crippen LogP contribution is -2.10. The highest BCUT2D eigenvalue weighted by Crippen LogP contribution is 2.26. The Kier molecular flexibility index (Phi) is 4.48. The van der Waals surface area contributed by atoms with E-state index in [0.29, 0.717) is 5.56 Å². The third-order valence-corrected chi connectivity index (χ3v) is 3.67. The van der Waals surface area contributed by atoms with Gasteiger partial charge in [0, 0.05) is 11.7 Å². The maximum Gasteiger partial charge on any atom is 0.336 e. The van der Waals surface area contributed by atoms with Crippen molar-refractivity contribution in [2.24, 2.45) is 0 Å². The molecule has 0 amide bonds. The zero-order chi connectivity index (χ0) is 15.6. The van der Waals surface area contributed by atoms with Gasteiger partial charge in [0.1, 0.15) is 5.82 Å². The van der Waals surface area contributed by atoms with Crippen LogP contribution in [-0.4, -0.2) is 11.1 Å². The molecule has 0 aliphatic heterocycles. The topological polar surface area (TPSA) is 49.3 Å². The van der Waals surface area contributed by atoms with Gasteiger partial charge < -0.3 is 10.4 Å². The lowest BCUT2D eigenvalue weighted by atomic mass is 10.0. The van der Waals surface area contributed by atoms with Crippen LogP contribution < -0.4 is 5.32 Å². The Hall–Kier alpha value is -2.07. The first-order chi connectivity index (χ1) is 9.90. The Morgan fingerprint density at radius 1 is 1.33 bits per heavy atom. The number of hydrogen-bond donors (Lipinski definition) is 2. The van der Waals surface area contributed by atoms with Gasteiger partial charge >= 0.3 is 5.97 Å². The average Bonchev–Trinajstić information content (AvgIpc) is 2.43. The quantitative estimate of drug-likeness (QED) is 0.863. The highest BCUT2D eigenvalue weighted by Gasteiger charge is 2.13. The molecule has 1 atom stereocenters. The minimum atomic E-state index is -0.964. The molecule has 2 rings (SSSR count). The molecule has 3 nitrogen and oxygen atoms in total. The summed E-state index contributed by atoms with van der Waals surface area (Å²) in [7, 11) is 0. The van der Waals surface area contributed by atoms with E-state index in [1.54, 1.807) is 31.2 Å². The lowest BCUT2D eigenvalue weighted by Gasteiger charge is -2.18. The summed E-state index contributed by atoms with van der Waals surface area (Å²) in [5.41, 5.74) is 2.46. The molecule has 0 saturated carbocycles. The van der Waals surface area contributed by atoms with Crippen molar-refractivity contribution < 1.29 is 14.3 Å². The van der Waals surface area contributed by atoms with Crippen LogP contribution in [-0.2, 0) is 0 Å². The monoisotopic (exact) mass is 307 g/mol. The fourth-order valence-corrected chi connectivity index (χ4v) is 2.31. The van der Waals surface area contributed by atoms with Crippen molar-refractivity contribution >= 4 is 23.3 Å². The zero-order valence-electron chi connectivity index (χ0n) is 11.7. The number of anilines is 1. The Bertz CT molecular complexity index is 688. The predicted molar refractivity (Wildman–Crippen MR) is 81.6 cm³/mol. The summed E-state index contributed by atoms with van der Waals surface area (Å²) in [6, 6.07) is 9.44. The van der Waals surface area contributed by atoms with E-state index in [1.807, 2.05) is 13.0 Å². The molecular formula is C16H15ClFNO2. The Morgan fingerprint density at radius 2 is 2.05 bits per heavy atom. The summed E-state index contributed by atoms with van der Waals surface area (Å²) in [5.74, 6) is -1.43. The van der Waals surface area contributed by atoms with Gasteiger partial charge in [-0.25, -0.2) is 9.18 Å². The molecule has 0 fully saturated rings. The number of nitrogens with one attached hydrogen (secondary N) is 1. The highest BCUT2D eigenvalue weighted by molar-refractivity contribution is 6.30. The van der Waals surface area contributed by atoms with Crippen LogP contribution in [0.3, 0.4) is 0 Å². The summed E-state index contributed by atoms with van der Waals surface area (Å²) in [6.07, 6.45) is 0. The molecule has 0 heterocycles. The van der Waals surface area contributed by atoms with E-state index < -0.39 is 11.8 Å². The normalized spacial score (nSPS) is 12.0. The molecular weight excluding hydrogens is 293 g/mol. The van der Waals surface area contributed by atoms with Crippen LogP contribution in [0.5, 0.6) is 0 Å². The molecule has 2 aromatic carbocycles. The van der Waals surface area contributed by atoms with Crippen molar-refractivity contribution in [3.8, 4) is 0 Å². The van der Waals surface area contributed by atoms with Crippen LogP contribution in [0.25, 0.3) is 0 Å². The number of benzene rings is 2. The molecule has 0 aromatic heterocycles. The summed E-state index contributed by atoms with van der Waals surface area (Å²) >= 11 is 5.78. The molecule has 2 aromatic rings. The van der Waals surface area contributed by atoms with Gasteiger partial charge in [0.25, 0.3) is 0 Å². The van der Waals surface area contributed by atoms with Crippen LogP contribution in [0.1, 0.15) is 34.5 Å². The predicted octanol–water partition coefficient (Wildman–Crippen LogP) is 4.66. The highest BCUT2D eigenvalue weighted by atomic mass is 35.5. The number of carboxylic acid groups (broad SMARTS) is 1. The molecule has 0 spiro atoms. The fourth-order valence-electron chi connectivity index (χ4n) is 2.12. The van der Waals surface area contributed by atoms with Crippen LogP contribution >= 0.6 is 11.6 Å². The lowest BCUT2D eigenvalue weighted by molar-refractivity contribution is 0.0696. The third-order valence-electron chi connectivity index (χ3n) is 3.38. The molecule has 0 saturated heterocycles. The summed E-state index contributed by atoms with van der Waals surface area (Å²) in [5, 5.41) is 12.4. The number of carboxylic acids is 1. The number of carbonyl (C=O) groups is 1. The molecule has 1 unspecified atom stereocenters. The first-order valence-electron chi connectivity index (χ1n) is 6.44. The van der Waals surface area contributed by atoms with E-state index in [2.05, 4.69) is 5.32 Å². The molecule has 2 N–H and O–H groups in total. The van der Waals surface area contributed by atoms with Gasteiger partial charge in [0.15, 0.2) is 0 Å². The molecule has 0 radical (unpaired) electrons. The van der Waals surface area contributed by atoms with Crippen molar-refractivity contribution in [3.63, 3.8) is 0 Å². The molecule has 0 aliphatic rings. The van der Waals surface area contributed by atoms with Gasteiger partial charge in [-0.1, -0.05) is 23.7 Å². The van der Waals surface area contributed by atoms with Gasteiger partial charge in [0.2, 0.25) is 0 Å².